The number of carbonyl (C=O) groups excluding carboxylic acids is 1. The van der Waals surface area contributed by atoms with Crippen molar-refractivity contribution in [1.82, 2.24) is 4.90 Å². The van der Waals surface area contributed by atoms with E-state index in [1.807, 2.05) is 4.90 Å². The maximum absolute atomic E-state index is 13.0. The normalized spacial score (nSPS) is 23.7. The molecule has 4 nitrogen and oxygen atoms in total. The third kappa shape index (κ3) is 4.03. The third-order valence-electron chi connectivity index (χ3n) is 4.50. The predicted octanol–water partition coefficient (Wildman–Crippen LogP) is 2.70. The number of likely N-dealkylation sites (tertiary alicyclic amines) is 1. The van der Waals surface area contributed by atoms with Crippen LogP contribution in [0.15, 0.2) is 24.3 Å². The van der Waals surface area contributed by atoms with Gasteiger partial charge in [-0.3, -0.25) is 9.69 Å². The summed E-state index contributed by atoms with van der Waals surface area (Å²) in [5, 5.41) is 2.41. The van der Waals surface area contributed by atoms with Gasteiger partial charge < -0.3 is 11.1 Å². The van der Waals surface area contributed by atoms with E-state index in [0.717, 1.165) is 12.5 Å². The second-order valence-electron chi connectivity index (χ2n) is 6.44. The quantitative estimate of drug-likeness (QED) is 0.893. The summed E-state index contributed by atoms with van der Waals surface area (Å²) in [4.78, 5) is 14.3. The zero-order chi connectivity index (χ0) is 17.3. The Hall–Kier alpha value is -1.60. The van der Waals surface area contributed by atoms with Gasteiger partial charge in [0.25, 0.3) is 0 Å². The molecule has 1 amide bonds. The van der Waals surface area contributed by atoms with Crippen LogP contribution in [0.25, 0.3) is 0 Å². The second kappa shape index (κ2) is 6.49. The number of hydrogen-bond acceptors (Lipinski definition) is 3. The minimum atomic E-state index is -4.50. The molecule has 3 N–H and O–H groups in total. The van der Waals surface area contributed by atoms with Crippen LogP contribution in [0.3, 0.4) is 0 Å². The fourth-order valence-electron chi connectivity index (χ4n) is 2.80. The summed E-state index contributed by atoms with van der Waals surface area (Å²) < 4.78 is 38.9. The third-order valence-corrected chi connectivity index (χ3v) is 4.50. The lowest BCUT2D eigenvalue weighted by molar-refractivity contribution is -0.137. The summed E-state index contributed by atoms with van der Waals surface area (Å²) in [6, 6.07) is 4.49. The molecule has 7 heteroatoms. The molecule has 1 aromatic rings. The first kappa shape index (κ1) is 17.7. The van der Waals surface area contributed by atoms with E-state index in [1.165, 1.54) is 18.2 Å². The van der Waals surface area contributed by atoms with Gasteiger partial charge >= 0.3 is 6.18 Å². The second-order valence-corrected chi connectivity index (χ2v) is 6.44. The molecule has 2 unspecified atom stereocenters. The van der Waals surface area contributed by atoms with Gasteiger partial charge in [0.15, 0.2) is 0 Å². The van der Waals surface area contributed by atoms with Crippen molar-refractivity contribution in [2.24, 2.45) is 11.1 Å². The number of para-hydroxylation sites is 1. The van der Waals surface area contributed by atoms with Crippen LogP contribution in [0.4, 0.5) is 18.9 Å². The molecule has 0 radical (unpaired) electrons. The molecular weight excluding hydrogens is 307 g/mol. The number of hydrogen-bond donors (Lipinski definition) is 2. The molecular formula is C16H22F3N3O. The number of nitrogens with zero attached hydrogens (tertiary/aromatic N) is 1. The van der Waals surface area contributed by atoms with Crippen molar-refractivity contribution in [3.05, 3.63) is 29.8 Å². The van der Waals surface area contributed by atoms with Gasteiger partial charge in [0.2, 0.25) is 5.91 Å². The van der Waals surface area contributed by atoms with Crippen molar-refractivity contribution >= 4 is 11.6 Å². The summed E-state index contributed by atoms with van der Waals surface area (Å²) in [7, 11) is 0. The van der Waals surface area contributed by atoms with E-state index >= 15 is 0 Å². The highest BCUT2D eigenvalue weighted by atomic mass is 19.4. The van der Waals surface area contributed by atoms with Gasteiger partial charge in [-0.05, 0) is 44.0 Å². The molecule has 0 spiro atoms. The number of nitrogens with two attached hydrogens (primary N) is 1. The van der Waals surface area contributed by atoms with Gasteiger partial charge in [-0.15, -0.1) is 0 Å². The van der Waals surface area contributed by atoms with Gasteiger partial charge in [-0.1, -0.05) is 19.1 Å². The topological polar surface area (TPSA) is 58.4 Å². The Balaban J connectivity index is 2.08. The van der Waals surface area contributed by atoms with E-state index in [-0.39, 0.29) is 11.1 Å². The molecule has 0 aliphatic carbocycles. The van der Waals surface area contributed by atoms with Crippen LogP contribution in [0.2, 0.25) is 0 Å². The van der Waals surface area contributed by atoms with Gasteiger partial charge in [0, 0.05) is 6.54 Å². The average molecular weight is 329 g/mol. The highest BCUT2D eigenvalue weighted by molar-refractivity contribution is 5.95. The first-order valence-electron chi connectivity index (χ1n) is 7.57. The molecule has 128 valence electrons. The molecule has 1 saturated heterocycles. The maximum atomic E-state index is 13.0. The van der Waals surface area contributed by atoms with Gasteiger partial charge in [-0.2, -0.15) is 13.2 Å². The Morgan fingerprint density at radius 1 is 1.43 bits per heavy atom. The van der Waals surface area contributed by atoms with Crippen LogP contribution in [-0.4, -0.2) is 36.5 Å². The number of amides is 1. The number of alkyl halides is 3. The maximum Gasteiger partial charge on any atom is 0.418 e. The van der Waals surface area contributed by atoms with E-state index < -0.39 is 23.7 Å². The van der Waals surface area contributed by atoms with Crippen molar-refractivity contribution in [3.8, 4) is 0 Å². The van der Waals surface area contributed by atoms with Crippen LogP contribution >= 0.6 is 0 Å². The lowest BCUT2D eigenvalue weighted by atomic mass is 9.90. The molecule has 0 saturated carbocycles. The summed E-state index contributed by atoms with van der Waals surface area (Å²) in [6.07, 6.45) is -3.63. The number of benzene rings is 1. The van der Waals surface area contributed by atoms with Gasteiger partial charge in [0.05, 0.1) is 17.3 Å². The zero-order valence-electron chi connectivity index (χ0n) is 13.3. The minimum Gasteiger partial charge on any atom is -0.330 e. The number of carbonyl (C=O) groups is 1. The Bertz CT molecular complexity index is 576. The fraction of sp³-hybridized carbons (Fsp3) is 0.562. The lowest BCUT2D eigenvalue weighted by Crippen LogP contribution is -2.42. The SMILES string of the molecule is CC(C(=O)Nc1ccccc1C(F)(F)F)N1CCC(C)(CN)C1. The molecule has 1 aliphatic rings. The van der Waals surface area contributed by atoms with Crippen LogP contribution < -0.4 is 11.1 Å². The number of rotatable bonds is 4. The number of nitrogens with one attached hydrogen (secondary N) is 1. The Kier molecular flexibility index (Phi) is 5.01. The molecule has 0 bridgehead atoms. The minimum absolute atomic E-state index is 0.0432. The summed E-state index contributed by atoms with van der Waals surface area (Å²) in [5.74, 6) is -0.442. The van der Waals surface area contributed by atoms with E-state index in [0.29, 0.717) is 19.6 Å². The molecule has 0 aromatic heterocycles. The first-order chi connectivity index (χ1) is 10.7. The van der Waals surface area contributed by atoms with E-state index in [9.17, 15) is 18.0 Å². The zero-order valence-corrected chi connectivity index (χ0v) is 13.3. The Morgan fingerprint density at radius 2 is 2.09 bits per heavy atom. The predicted molar refractivity (Wildman–Crippen MR) is 82.9 cm³/mol. The van der Waals surface area contributed by atoms with Crippen LogP contribution in [0.5, 0.6) is 0 Å². The smallest absolute Gasteiger partial charge is 0.330 e. The Labute approximate surface area is 133 Å². The monoisotopic (exact) mass is 329 g/mol. The molecule has 23 heavy (non-hydrogen) atoms. The van der Waals surface area contributed by atoms with Crippen LogP contribution in [0.1, 0.15) is 25.8 Å². The van der Waals surface area contributed by atoms with Crippen molar-refractivity contribution in [3.63, 3.8) is 0 Å². The van der Waals surface area contributed by atoms with E-state index in [1.54, 1.807) is 6.92 Å². The first-order valence-corrected chi connectivity index (χ1v) is 7.57. The van der Waals surface area contributed by atoms with Crippen molar-refractivity contribution in [1.29, 1.82) is 0 Å². The molecule has 1 aliphatic heterocycles. The highest BCUT2D eigenvalue weighted by Gasteiger charge is 2.37. The lowest BCUT2D eigenvalue weighted by Gasteiger charge is -2.27. The molecule has 2 atom stereocenters. The van der Waals surface area contributed by atoms with E-state index in [4.69, 9.17) is 5.73 Å². The Morgan fingerprint density at radius 3 is 2.65 bits per heavy atom. The average Bonchev–Trinajstić information content (AvgIpc) is 2.89. The molecule has 1 aromatic carbocycles. The van der Waals surface area contributed by atoms with E-state index in [2.05, 4.69) is 12.2 Å². The molecule has 2 rings (SSSR count). The summed E-state index contributed by atoms with van der Waals surface area (Å²) >= 11 is 0. The largest absolute Gasteiger partial charge is 0.418 e. The standard InChI is InChI=1S/C16H22F3N3O/c1-11(22-8-7-15(2,9-20)10-22)14(23)21-13-6-4-3-5-12(13)16(17,18)19/h3-6,11H,7-10,20H2,1-2H3,(H,21,23). The number of anilines is 1. The fourth-order valence-corrected chi connectivity index (χ4v) is 2.80. The van der Waals surface area contributed by atoms with Gasteiger partial charge in [0.1, 0.15) is 0 Å². The van der Waals surface area contributed by atoms with Crippen molar-refractivity contribution < 1.29 is 18.0 Å². The molecule has 1 heterocycles. The van der Waals surface area contributed by atoms with Crippen LogP contribution in [-0.2, 0) is 11.0 Å². The van der Waals surface area contributed by atoms with Gasteiger partial charge in [-0.25, -0.2) is 0 Å². The van der Waals surface area contributed by atoms with Crippen LogP contribution in [0, 0.1) is 5.41 Å². The highest BCUT2D eigenvalue weighted by Crippen LogP contribution is 2.35. The summed E-state index contributed by atoms with van der Waals surface area (Å²) in [5.41, 5.74) is 4.65. The molecule has 1 fully saturated rings. The van der Waals surface area contributed by atoms with Crippen molar-refractivity contribution in [2.45, 2.75) is 32.5 Å². The summed E-state index contributed by atoms with van der Waals surface area (Å²) in [6.45, 7) is 5.65. The number of halogens is 3. The van der Waals surface area contributed by atoms with Crippen molar-refractivity contribution in [2.75, 3.05) is 25.0 Å².